The fraction of sp³-hybridized carbons (Fsp3) is 0.257. The van der Waals surface area contributed by atoms with Gasteiger partial charge in [-0.1, -0.05) is 62.6 Å². The van der Waals surface area contributed by atoms with Crippen molar-refractivity contribution in [3.8, 4) is 28.0 Å². The van der Waals surface area contributed by atoms with Crippen molar-refractivity contribution in [1.29, 1.82) is 0 Å². The third kappa shape index (κ3) is 8.70. The number of benzene rings is 4. The smallest absolute Gasteiger partial charge is 0.399 e. The van der Waals surface area contributed by atoms with E-state index in [2.05, 4.69) is 4.74 Å². The molecule has 0 aromatic heterocycles. The van der Waals surface area contributed by atoms with Crippen molar-refractivity contribution in [3.05, 3.63) is 118 Å². The van der Waals surface area contributed by atoms with Gasteiger partial charge in [-0.05, 0) is 71.8 Å². The highest BCUT2D eigenvalue weighted by molar-refractivity contribution is 5.73. The van der Waals surface area contributed by atoms with Crippen molar-refractivity contribution < 1.29 is 48.6 Å². The lowest BCUT2D eigenvalue weighted by Gasteiger charge is -2.14. The maximum absolute atomic E-state index is 15.1. The van der Waals surface area contributed by atoms with Crippen molar-refractivity contribution in [2.75, 3.05) is 0 Å². The third-order valence-corrected chi connectivity index (χ3v) is 7.29. The zero-order chi connectivity index (χ0) is 33.6. The average molecular weight is 655 g/mol. The number of unbranched alkanes of at least 4 members (excludes halogenated alkanes) is 3. The van der Waals surface area contributed by atoms with E-state index in [1.165, 1.54) is 30.3 Å². The van der Waals surface area contributed by atoms with Crippen LogP contribution in [0.15, 0.2) is 72.6 Å². The van der Waals surface area contributed by atoms with Gasteiger partial charge in [-0.3, -0.25) is 0 Å². The van der Waals surface area contributed by atoms with Crippen LogP contribution < -0.4 is 4.74 Å². The molecule has 4 rings (SSSR count). The second-order valence-electron chi connectivity index (χ2n) is 10.7. The zero-order valence-corrected chi connectivity index (χ0v) is 24.5. The Hall–Kier alpha value is -4.28. The van der Waals surface area contributed by atoms with Crippen LogP contribution in [0.4, 0.5) is 43.9 Å². The Bertz CT molecular complexity index is 1660. The molecule has 4 aromatic rings. The van der Waals surface area contributed by atoms with Crippen LogP contribution in [0.1, 0.15) is 55.7 Å². The summed E-state index contributed by atoms with van der Waals surface area (Å²) in [5.74, 6) is -10.6. The largest absolute Gasteiger partial charge is 0.573 e. The van der Waals surface area contributed by atoms with Crippen molar-refractivity contribution >= 4 is 5.83 Å². The van der Waals surface area contributed by atoms with Gasteiger partial charge < -0.3 is 4.74 Å². The Morgan fingerprint density at radius 2 is 1.20 bits per heavy atom. The van der Waals surface area contributed by atoms with Gasteiger partial charge in [0.1, 0.15) is 23.3 Å². The predicted octanol–water partition coefficient (Wildman–Crippen LogP) is 12.0. The monoisotopic (exact) mass is 654 g/mol. The molecule has 0 radical (unpaired) electrons. The Morgan fingerprint density at radius 3 is 1.76 bits per heavy atom. The van der Waals surface area contributed by atoms with Crippen LogP contribution in [0.2, 0.25) is 0 Å². The van der Waals surface area contributed by atoms with E-state index < -0.39 is 64.0 Å². The zero-order valence-electron chi connectivity index (χ0n) is 24.5. The van der Waals surface area contributed by atoms with Gasteiger partial charge >= 0.3 is 6.36 Å². The molecule has 0 aliphatic carbocycles. The summed E-state index contributed by atoms with van der Waals surface area (Å²) in [6.45, 7) is 2.03. The lowest BCUT2D eigenvalue weighted by molar-refractivity contribution is -0.276. The third-order valence-electron chi connectivity index (χ3n) is 7.29. The topological polar surface area (TPSA) is 9.23 Å². The molecule has 0 fully saturated rings. The second kappa shape index (κ2) is 14.9. The normalized spacial score (nSPS) is 12.3. The van der Waals surface area contributed by atoms with Gasteiger partial charge in [0.15, 0.2) is 17.5 Å². The molecule has 0 saturated heterocycles. The Balaban J connectivity index is 1.46. The number of allylic oxidation sites excluding steroid dienone is 1. The maximum Gasteiger partial charge on any atom is 0.573 e. The second-order valence-corrected chi connectivity index (χ2v) is 10.7. The number of hydrogen-bond donors (Lipinski definition) is 0. The lowest BCUT2D eigenvalue weighted by atomic mass is 9.96. The van der Waals surface area contributed by atoms with Crippen LogP contribution in [0.25, 0.3) is 28.1 Å². The minimum atomic E-state index is -5.40. The Morgan fingerprint density at radius 1 is 0.630 bits per heavy atom. The first-order chi connectivity index (χ1) is 21.8. The van der Waals surface area contributed by atoms with Gasteiger partial charge in [-0.25, -0.2) is 30.7 Å². The van der Waals surface area contributed by atoms with E-state index in [9.17, 15) is 39.5 Å². The summed E-state index contributed by atoms with van der Waals surface area (Å²) < 4.78 is 142. The molecule has 0 aliphatic rings. The van der Waals surface area contributed by atoms with E-state index in [0.717, 1.165) is 37.0 Å². The summed E-state index contributed by atoms with van der Waals surface area (Å²) in [6.07, 6.45) is -1.23. The highest BCUT2D eigenvalue weighted by Gasteiger charge is 2.34. The molecule has 0 aliphatic heterocycles. The van der Waals surface area contributed by atoms with Crippen LogP contribution in [-0.2, 0) is 12.8 Å². The fourth-order valence-electron chi connectivity index (χ4n) is 4.95. The highest BCUT2D eigenvalue weighted by Crippen LogP contribution is 2.37. The number of halogens is 10. The van der Waals surface area contributed by atoms with E-state index in [1.807, 2.05) is 6.92 Å². The van der Waals surface area contributed by atoms with Gasteiger partial charge in [-0.15, -0.1) is 13.2 Å². The minimum absolute atomic E-state index is 0.0382. The quantitative estimate of drug-likeness (QED) is 0.109. The number of rotatable bonds is 12. The summed E-state index contributed by atoms with van der Waals surface area (Å²) in [5, 5.41) is 0. The molecule has 4 aromatic carbocycles. The molecule has 11 heteroatoms. The van der Waals surface area contributed by atoms with E-state index in [-0.39, 0.29) is 35.2 Å². The van der Waals surface area contributed by atoms with Crippen LogP contribution in [0, 0.1) is 29.1 Å². The van der Waals surface area contributed by atoms with Crippen molar-refractivity contribution in [1.82, 2.24) is 0 Å². The Labute approximate surface area is 259 Å². The van der Waals surface area contributed by atoms with Gasteiger partial charge in [0.25, 0.3) is 0 Å². The van der Waals surface area contributed by atoms with Gasteiger partial charge in [0.2, 0.25) is 5.75 Å². The number of aryl methyl sites for hydroxylation is 2. The summed E-state index contributed by atoms with van der Waals surface area (Å²) in [7, 11) is 0. The minimum Gasteiger partial charge on any atom is -0.399 e. The van der Waals surface area contributed by atoms with Crippen LogP contribution in [0.3, 0.4) is 0 Å². The molecule has 1 nitrogen and oxygen atoms in total. The number of ether oxygens (including phenoxy) is 1. The van der Waals surface area contributed by atoms with Crippen molar-refractivity contribution in [2.24, 2.45) is 0 Å². The molecule has 244 valence electrons. The first kappa shape index (κ1) is 34.6. The van der Waals surface area contributed by atoms with E-state index >= 15 is 4.39 Å². The number of hydrogen-bond acceptors (Lipinski definition) is 1. The molecule has 0 N–H and O–H groups in total. The van der Waals surface area contributed by atoms with Gasteiger partial charge in [0, 0.05) is 17.5 Å². The standard InChI is InChI=1S/C35H28F10O/c1-2-3-4-5-6-26(36)33(42)22-12-9-20(10-13-22)7-8-21-11-14-25(27(37)15-21)23-16-28(38)32(29(39)17-23)24-18-30(40)34(31(41)19-24)46-35(43,44)45/h9-19H,2-8H2,1H3/b33-26+. The molecular weight excluding hydrogens is 626 g/mol. The lowest BCUT2D eigenvalue weighted by Crippen LogP contribution is -2.19. The molecule has 0 unspecified atom stereocenters. The van der Waals surface area contributed by atoms with E-state index in [4.69, 9.17) is 0 Å². The van der Waals surface area contributed by atoms with Crippen LogP contribution >= 0.6 is 0 Å². The molecule has 0 spiro atoms. The highest BCUT2D eigenvalue weighted by atomic mass is 19.4. The molecular formula is C35H28F10O. The molecule has 0 saturated carbocycles. The average Bonchev–Trinajstić information content (AvgIpc) is 2.99. The van der Waals surface area contributed by atoms with E-state index in [1.54, 1.807) is 12.1 Å². The summed E-state index contributed by atoms with van der Waals surface area (Å²) in [4.78, 5) is 0. The summed E-state index contributed by atoms with van der Waals surface area (Å²) >= 11 is 0. The summed E-state index contributed by atoms with van der Waals surface area (Å²) in [5.41, 5.74) is -0.629. The SMILES string of the molecule is CCCCCC/C(F)=C(\F)c1ccc(CCc2ccc(-c3cc(F)c(-c4cc(F)c(OC(F)(F)F)c(F)c4)c(F)c3)c(F)c2)cc1. The maximum atomic E-state index is 15.1. The fourth-order valence-corrected chi connectivity index (χ4v) is 4.95. The predicted molar refractivity (Wildman–Crippen MR) is 156 cm³/mol. The number of alkyl halides is 3. The first-order valence-electron chi connectivity index (χ1n) is 14.4. The van der Waals surface area contributed by atoms with Crippen molar-refractivity contribution in [2.45, 2.75) is 58.2 Å². The van der Waals surface area contributed by atoms with Gasteiger partial charge in [0.05, 0.1) is 5.56 Å². The van der Waals surface area contributed by atoms with Crippen LogP contribution in [0.5, 0.6) is 5.75 Å². The van der Waals surface area contributed by atoms with E-state index in [0.29, 0.717) is 24.8 Å². The van der Waals surface area contributed by atoms with Crippen molar-refractivity contribution in [3.63, 3.8) is 0 Å². The molecule has 0 atom stereocenters. The first-order valence-corrected chi connectivity index (χ1v) is 14.4. The van der Waals surface area contributed by atoms with Crippen LogP contribution in [-0.4, -0.2) is 6.36 Å². The molecule has 0 heterocycles. The summed E-state index contributed by atoms with van der Waals surface area (Å²) in [6, 6.07) is 12.3. The Kier molecular flexibility index (Phi) is 11.2. The molecule has 46 heavy (non-hydrogen) atoms. The van der Waals surface area contributed by atoms with Gasteiger partial charge in [-0.2, -0.15) is 0 Å². The molecule has 0 amide bonds. The molecule has 0 bridgehead atoms.